The molecule has 1 aromatic carbocycles. The second-order valence-electron chi connectivity index (χ2n) is 4.00. The summed E-state index contributed by atoms with van der Waals surface area (Å²) in [5, 5.41) is 8.72. The molecule has 1 atom stereocenters. The number of hydrogen-bond donors (Lipinski definition) is 2. The Morgan fingerprint density at radius 1 is 1.26 bits per heavy atom. The number of rotatable bonds is 4. The van der Waals surface area contributed by atoms with Gasteiger partial charge in [0.1, 0.15) is 6.04 Å². The average molecular weight is 277 g/mol. The van der Waals surface area contributed by atoms with Crippen LogP contribution in [0.5, 0.6) is 0 Å². The van der Waals surface area contributed by atoms with Crippen molar-refractivity contribution in [2.75, 3.05) is 5.75 Å². The summed E-state index contributed by atoms with van der Waals surface area (Å²) in [5.41, 5.74) is 6.41. The van der Waals surface area contributed by atoms with E-state index in [0.29, 0.717) is 16.0 Å². The van der Waals surface area contributed by atoms with Gasteiger partial charge in [-0.15, -0.1) is 11.8 Å². The Morgan fingerprint density at radius 3 is 2.53 bits per heavy atom. The van der Waals surface area contributed by atoms with Crippen LogP contribution in [0.1, 0.15) is 15.9 Å². The Labute approximate surface area is 113 Å². The first-order valence-electron chi connectivity index (χ1n) is 5.51. The van der Waals surface area contributed by atoms with Crippen molar-refractivity contribution in [1.82, 2.24) is 0 Å². The van der Waals surface area contributed by atoms with Gasteiger partial charge in [-0.2, -0.15) is 0 Å². The molecule has 1 aliphatic rings. The van der Waals surface area contributed by atoms with E-state index in [-0.39, 0.29) is 5.75 Å². The Morgan fingerprint density at radius 2 is 1.89 bits per heavy atom. The van der Waals surface area contributed by atoms with Gasteiger partial charge in [0.2, 0.25) is 11.6 Å². The van der Waals surface area contributed by atoms with Crippen LogP contribution in [0.25, 0.3) is 4.91 Å². The van der Waals surface area contributed by atoms with Crippen molar-refractivity contribution in [3.63, 3.8) is 0 Å². The van der Waals surface area contributed by atoms with Crippen LogP contribution in [0.2, 0.25) is 0 Å². The summed E-state index contributed by atoms with van der Waals surface area (Å²) in [7, 11) is 0. The van der Waals surface area contributed by atoms with Crippen molar-refractivity contribution in [1.29, 1.82) is 0 Å². The van der Waals surface area contributed by atoms with Gasteiger partial charge in [-0.05, 0) is 5.56 Å². The lowest BCUT2D eigenvalue weighted by Crippen LogP contribution is -2.32. The minimum absolute atomic E-state index is 0.136. The molecule has 2 rings (SSSR count). The fraction of sp³-hybridized carbons (Fsp3) is 0.154. The van der Waals surface area contributed by atoms with Crippen molar-refractivity contribution in [3.05, 3.63) is 41.5 Å². The summed E-state index contributed by atoms with van der Waals surface area (Å²) in [6, 6.07) is 5.74. The third-order valence-corrected chi connectivity index (χ3v) is 3.83. The summed E-state index contributed by atoms with van der Waals surface area (Å²) in [6.07, 6.45) is 1.24. The Hall–Kier alpha value is -1.92. The van der Waals surface area contributed by atoms with Crippen molar-refractivity contribution in [2.24, 2.45) is 5.73 Å². The number of carbonyl (C=O) groups is 3. The number of allylic oxidation sites excluding steroid dienone is 1. The van der Waals surface area contributed by atoms with E-state index in [4.69, 9.17) is 10.8 Å². The molecule has 1 aromatic rings. The first-order chi connectivity index (χ1) is 9.00. The van der Waals surface area contributed by atoms with Gasteiger partial charge in [-0.25, -0.2) is 0 Å². The summed E-state index contributed by atoms with van der Waals surface area (Å²) < 4.78 is 0. The van der Waals surface area contributed by atoms with Crippen LogP contribution in [0.15, 0.2) is 30.3 Å². The van der Waals surface area contributed by atoms with E-state index in [1.165, 1.54) is 6.08 Å². The number of ketones is 2. The highest BCUT2D eigenvalue weighted by Gasteiger charge is 2.26. The highest BCUT2D eigenvalue weighted by molar-refractivity contribution is 8.08. The number of thioether (sulfide) groups is 1. The molecule has 0 aliphatic heterocycles. The zero-order chi connectivity index (χ0) is 14.0. The Balaban J connectivity index is 2.26. The molecule has 6 heteroatoms. The van der Waals surface area contributed by atoms with Crippen LogP contribution >= 0.6 is 11.8 Å². The highest BCUT2D eigenvalue weighted by atomic mass is 32.2. The molecule has 3 N–H and O–H groups in total. The largest absolute Gasteiger partial charge is 0.480 e. The molecule has 0 saturated carbocycles. The van der Waals surface area contributed by atoms with Gasteiger partial charge in [0, 0.05) is 22.3 Å². The first kappa shape index (κ1) is 13.5. The summed E-state index contributed by atoms with van der Waals surface area (Å²) in [5.74, 6) is -2.09. The summed E-state index contributed by atoms with van der Waals surface area (Å²) >= 11 is 1.16. The number of nitrogens with two attached hydrogens (primary N) is 1. The number of fused-ring (bicyclic) bond motifs is 1. The van der Waals surface area contributed by atoms with Crippen molar-refractivity contribution in [2.45, 2.75) is 6.04 Å². The zero-order valence-corrected chi connectivity index (χ0v) is 10.6. The van der Waals surface area contributed by atoms with Gasteiger partial charge >= 0.3 is 5.97 Å². The lowest BCUT2D eigenvalue weighted by molar-refractivity contribution is -0.137. The molecular weight excluding hydrogens is 266 g/mol. The van der Waals surface area contributed by atoms with Crippen LogP contribution in [0.4, 0.5) is 0 Å². The number of aliphatic carboxylic acids is 1. The van der Waals surface area contributed by atoms with Gasteiger partial charge in [0.25, 0.3) is 0 Å². The summed E-state index contributed by atoms with van der Waals surface area (Å²) in [6.45, 7) is 0. The molecule has 0 bridgehead atoms. The van der Waals surface area contributed by atoms with Crippen molar-refractivity contribution >= 4 is 34.2 Å². The number of carbonyl (C=O) groups excluding carboxylic acids is 2. The van der Waals surface area contributed by atoms with E-state index < -0.39 is 23.6 Å². The maximum atomic E-state index is 11.7. The highest BCUT2D eigenvalue weighted by Crippen LogP contribution is 2.33. The van der Waals surface area contributed by atoms with E-state index >= 15 is 0 Å². The van der Waals surface area contributed by atoms with E-state index in [9.17, 15) is 14.4 Å². The van der Waals surface area contributed by atoms with Gasteiger partial charge in [-0.1, -0.05) is 24.3 Å². The van der Waals surface area contributed by atoms with Gasteiger partial charge in [0.15, 0.2) is 0 Å². The van der Waals surface area contributed by atoms with Gasteiger partial charge in [0.05, 0.1) is 0 Å². The lowest BCUT2D eigenvalue weighted by Gasteiger charge is -2.16. The molecule has 1 aliphatic carbocycles. The number of benzene rings is 1. The molecule has 0 heterocycles. The number of hydrogen-bond acceptors (Lipinski definition) is 5. The number of carboxylic acids is 1. The average Bonchev–Trinajstić information content (AvgIpc) is 2.40. The van der Waals surface area contributed by atoms with E-state index in [0.717, 1.165) is 11.8 Å². The van der Waals surface area contributed by atoms with Crippen LogP contribution in [0.3, 0.4) is 0 Å². The predicted molar refractivity (Wildman–Crippen MR) is 71.8 cm³/mol. The summed E-state index contributed by atoms with van der Waals surface area (Å²) in [4.78, 5) is 34.5. The number of carboxylic acid groups (broad SMARTS) is 1. The molecule has 0 radical (unpaired) electrons. The topological polar surface area (TPSA) is 97.5 Å². The van der Waals surface area contributed by atoms with Crippen molar-refractivity contribution < 1.29 is 19.5 Å². The van der Waals surface area contributed by atoms with Gasteiger partial charge in [-0.3, -0.25) is 14.4 Å². The molecule has 5 nitrogen and oxygen atoms in total. The minimum atomic E-state index is -1.10. The predicted octanol–water partition coefficient (Wildman–Crippen LogP) is 0.938. The maximum Gasteiger partial charge on any atom is 0.321 e. The minimum Gasteiger partial charge on any atom is -0.480 e. The molecular formula is C13H11NO4S. The standard InChI is InChI=1S/C13H11NO4S/c14-9(13(17)18)6-19-11-5-10(15)12(16)8-4-2-1-3-7(8)11/h1-5,9H,6,14H2,(H,17,18)/t9-/m1/s1. The van der Waals surface area contributed by atoms with Crippen LogP contribution in [-0.2, 0) is 9.59 Å². The zero-order valence-electron chi connectivity index (χ0n) is 9.83. The van der Waals surface area contributed by atoms with E-state index in [1.807, 2.05) is 0 Å². The Bertz CT molecular complexity index is 594. The maximum absolute atomic E-state index is 11.7. The van der Waals surface area contributed by atoms with E-state index in [2.05, 4.69) is 0 Å². The smallest absolute Gasteiger partial charge is 0.321 e. The molecule has 98 valence electrons. The third kappa shape index (κ3) is 2.74. The monoisotopic (exact) mass is 277 g/mol. The van der Waals surface area contributed by atoms with Gasteiger partial charge < -0.3 is 10.8 Å². The molecule has 0 unspecified atom stereocenters. The quantitative estimate of drug-likeness (QED) is 0.795. The SMILES string of the molecule is N[C@H](CSC1=CC(=O)C(=O)c2ccccc21)C(=O)O. The molecule has 0 amide bonds. The number of Topliss-reactive ketones (excluding diaryl/α,β-unsaturated/α-hetero) is 1. The fourth-order valence-corrected chi connectivity index (χ4v) is 2.69. The first-order valence-corrected chi connectivity index (χ1v) is 6.50. The fourth-order valence-electron chi connectivity index (χ4n) is 1.66. The molecule has 19 heavy (non-hydrogen) atoms. The second-order valence-corrected chi connectivity index (χ2v) is 5.07. The molecule has 0 saturated heterocycles. The second kappa shape index (κ2) is 5.38. The van der Waals surface area contributed by atoms with E-state index in [1.54, 1.807) is 24.3 Å². The molecule has 0 aromatic heterocycles. The van der Waals surface area contributed by atoms with Crippen LogP contribution in [-0.4, -0.2) is 34.4 Å². The molecule has 0 fully saturated rings. The van der Waals surface area contributed by atoms with Crippen LogP contribution in [0, 0.1) is 0 Å². The third-order valence-electron chi connectivity index (χ3n) is 2.66. The molecule has 0 spiro atoms. The van der Waals surface area contributed by atoms with Crippen molar-refractivity contribution in [3.8, 4) is 0 Å². The Kier molecular flexibility index (Phi) is 3.82. The van der Waals surface area contributed by atoms with Crippen LogP contribution < -0.4 is 5.73 Å². The normalized spacial score (nSPS) is 15.7. The lowest BCUT2D eigenvalue weighted by atomic mass is 9.95.